The summed E-state index contributed by atoms with van der Waals surface area (Å²) in [5.74, 6) is 0.518. The van der Waals surface area contributed by atoms with E-state index in [4.69, 9.17) is 0 Å². The molecule has 6 rings (SSSR count). The molecule has 0 fully saturated rings. The second-order valence-corrected chi connectivity index (χ2v) is 13.0. The Morgan fingerprint density at radius 1 is 0.667 bits per heavy atom. The zero-order valence-corrected chi connectivity index (χ0v) is 29.7. The van der Waals surface area contributed by atoms with Gasteiger partial charge < -0.3 is 24.8 Å². The minimum absolute atomic E-state index is 0. The molecule has 42 heavy (non-hydrogen) atoms. The summed E-state index contributed by atoms with van der Waals surface area (Å²) in [7, 11) is 0. The van der Waals surface area contributed by atoms with Gasteiger partial charge in [0, 0.05) is 0 Å². The number of hydrogen-bond acceptors (Lipinski definition) is 0. The molecule has 0 heterocycles. The summed E-state index contributed by atoms with van der Waals surface area (Å²) in [4.78, 5) is 0. The first kappa shape index (κ1) is 35.8. The molecule has 3 heteroatoms. The molecule has 1 aliphatic rings. The Hall–Kier alpha value is -2.44. The number of hydrogen-bond donors (Lipinski definition) is 0. The van der Waals surface area contributed by atoms with Gasteiger partial charge in [-0.15, -0.1) is 39.7 Å². The molecule has 0 saturated carbocycles. The van der Waals surface area contributed by atoms with E-state index in [9.17, 15) is 0 Å². The summed E-state index contributed by atoms with van der Waals surface area (Å²) in [6.07, 6.45) is 5.71. The van der Waals surface area contributed by atoms with E-state index in [0.29, 0.717) is 11.3 Å². The van der Waals surface area contributed by atoms with Crippen LogP contribution in [0.5, 0.6) is 0 Å². The number of rotatable bonds is 2. The molecule has 5 aromatic carbocycles. The van der Waals surface area contributed by atoms with Crippen LogP contribution in [0.2, 0.25) is 0 Å². The van der Waals surface area contributed by atoms with Gasteiger partial charge in [-0.3, -0.25) is 6.08 Å². The van der Waals surface area contributed by atoms with E-state index in [1.807, 2.05) is 0 Å². The van der Waals surface area contributed by atoms with E-state index in [2.05, 4.69) is 164 Å². The molecule has 0 N–H and O–H groups in total. The van der Waals surface area contributed by atoms with Crippen molar-refractivity contribution in [3.8, 4) is 0 Å². The van der Waals surface area contributed by atoms with Crippen LogP contribution in [-0.2, 0) is 24.2 Å². The third-order valence-electron chi connectivity index (χ3n) is 7.28. The molecule has 0 spiro atoms. The molecule has 5 aromatic rings. The molecular weight excluding hydrogens is 631 g/mol. The number of fused-ring (bicyclic) bond motifs is 3. The van der Waals surface area contributed by atoms with Gasteiger partial charge in [0.05, 0.1) is 0 Å². The van der Waals surface area contributed by atoms with Gasteiger partial charge >= 0.3 is 112 Å². The van der Waals surface area contributed by atoms with Crippen molar-refractivity contribution in [3.63, 3.8) is 0 Å². The van der Waals surface area contributed by atoms with E-state index < -0.39 is 0 Å². The van der Waals surface area contributed by atoms with Crippen molar-refractivity contribution in [2.45, 2.75) is 48.5 Å². The zero-order chi connectivity index (χ0) is 28.9. The average Bonchev–Trinajstić information content (AvgIpc) is 3.49. The van der Waals surface area contributed by atoms with Crippen molar-refractivity contribution < 1.29 is 49.0 Å². The maximum absolute atomic E-state index is 3.40. The van der Waals surface area contributed by atoms with Crippen LogP contribution in [0, 0.1) is 31.3 Å². The van der Waals surface area contributed by atoms with Gasteiger partial charge in [0.1, 0.15) is 0 Å². The van der Waals surface area contributed by atoms with Gasteiger partial charge in [-0.1, -0.05) is 82.3 Å². The minimum atomic E-state index is 0. The van der Waals surface area contributed by atoms with E-state index in [0.717, 1.165) is 0 Å². The largest absolute Gasteiger partial charge is 1.00 e. The number of benzene rings is 4. The summed E-state index contributed by atoms with van der Waals surface area (Å²) in [6, 6.07) is 36.8. The van der Waals surface area contributed by atoms with Crippen molar-refractivity contribution >= 4 is 24.8 Å². The first-order chi connectivity index (χ1) is 19.0. The maximum atomic E-state index is 3.40. The van der Waals surface area contributed by atoms with E-state index >= 15 is 0 Å². The van der Waals surface area contributed by atoms with Crippen LogP contribution in [0.3, 0.4) is 0 Å². The zero-order valence-electron chi connectivity index (χ0n) is 25.7. The minimum Gasteiger partial charge on any atom is -1.00 e. The Morgan fingerprint density at radius 3 is 1.40 bits per heavy atom. The number of allylic oxidation sites excluding steroid dienone is 4. The fourth-order valence-electron chi connectivity index (χ4n) is 5.16. The van der Waals surface area contributed by atoms with Crippen LogP contribution in [0.15, 0.2) is 120 Å². The molecule has 0 bridgehead atoms. The fraction of sp³-hybridized carbons (Fsp3) is 0.231. The van der Waals surface area contributed by atoms with Crippen LogP contribution in [-0.4, -0.2) is 3.21 Å². The Labute approximate surface area is 280 Å². The molecule has 1 atom stereocenters. The van der Waals surface area contributed by atoms with Gasteiger partial charge in [0.2, 0.25) is 0 Å². The van der Waals surface area contributed by atoms with E-state index in [1.165, 1.54) is 82.4 Å². The van der Waals surface area contributed by atoms with Crippen molar-refractivity contribution in [3.05, 3.63) is 149 Å². The summed E-state index contributed by atoms with van der Waals surface area (Å²) in [5, 5.41) is 5.39. The smallest absolute Gasteiger partial charge is 0.0771 e. The summed E-state index contributed by atoms with van der Waals surface area (Å²) in [6.45, 7) is 15.3. The van der Waals surface area contributed by atoms with Gasteiger partial charge in [0.25, 0.3) is 0 Å². The number of halogens is 2. The first-order valence-corrected chi connectivity index (χ1v) is 15.3. The average molecular weight is 671 g/mol. The van der Waals surface area contributed by atoms with Crippen LogP contribution >= 0.6 is 0 Å². The summed E-state index contributed by atoms with van der Waals surface area (Å²) < 4.78 is 1.42. The molecule has 0 nitrogen and oxygen atoms in total. The molecule has 0 amide bonds. The fourth-order valence-corrected chi connectivity index (χ4v) is 5.98. The van der Waals surface area contributed by atoms with Gasteiger partial charge in [0.15, 0.2) is 0 Å². The molecule has 0 aromatic heterocycles. The first-order valence-electron chi connectivity index (χ1n) is 14.1. The van der Waals surface area contributed by atoms with E-state index in [-0.39, 0.29) is 24.8 Å². The van der Waals surface area contributed by atoms with Crippen LogP contribution < -0.4 is 24.8 Å². The normalized spacial score (nSPS) is 13.9. The Balaban J connectivity index is 0.000000219. The Kier molecular flexibility index (Phi) is 13.5. The molecular formula is C39H40Cl2Zr-2. The van der Waals surface area contributed by atoms with Gasteiger partial charge in [-0.25, -0.2) is 5.57 Å². The Bertz CT molecular complexity index is 1560. The third kappa shape index (κ3) is 9.28. The van der Waals surface area contributed by atoms with Crippen molar-refractivity contribution in [2.24, 2.45) is 11.3 Å². The van der Waals surface area contributed by atoms with Crippen molar-refractivity contribution in [1.29, 1.82) is 0 Å². The SMILES string of the molecule is CC1=[C-]C(C)C=C1C(C)(C)C.Cc1ccc([C](=[Zr+2])c2ccc(C)cc2)cc1.[Cl-].[Cl-].c1ccc2c(c1)[cH-]c1ccccc12. The van der Waals surface area contributed by atoms with Crippen LogP contribution in [0.25, 0.3) is 21.5 Å². The predicted molar refractivity (Wildman–Crippen MR) is 172 cm³/mol. The molecule has 1 aliphatic carbocycles. The monoisotopic (exact) mass is 668 g/mol. The third-order valence-corrected chi connectivity index (χ3v) is 8.70. The topological polar surface area (TPSA) is 0 Å². The standard InChI is InChI=1S/C15H14.C13H9.C11H17.2ClH.Zr/c1-12-3-7-14(8-4-12)11-15-9-5-13(2)6-10-15;1-3-7-12-10(5-1)9-11-6-2-4-8-13(11)12;1-8-6-9(2)10(7-8)11(3,4)5;;;/h3-10H,1-2H3;1-9H;7-8H,1-5H3;2*1H;/q;2*-1;;;+2/p-2. The second kappa shape index (κ2) is 15.9. The van der Waals surface area contributed by atoms with E-state index in [1.54, 1.807) is 0 Å². The van der Waals surface area contributed by atoms with Gasteiger partial charge in [-0.05, 0) is 0 Å². The maximum Gasteiger partial charge on any atom is -0.0771 e. The second-order valence-electron chi connectivity index (χ2n) is 11.8. The predicted octanol–water partition coefficient (Wildman–Crippen LogP) is 4.50. The van der Waals surface area contributed by atoms with Gasteiger partial charge in [-0.2, -0.15) is 11.6 Å². The molecule has 0 saturated heterocycles. The van der Waals surface area contributed by atoms with Crippen LogP contribution in [0.1, 0.15) is 56.9 Å². The molecule has 0 radical (unpaired) electrons. The summed E-state index contributed by atoms with van der Waals surface area (Å²) in [5.41, 5.74) is 8.41. The van der Waals surface area contributed by atoms with Crippen molar-refractivity contribution in [1.82, 2.24) is 0 Å². The Morgan fingerprint density at radius 2 is 1.07 bits per heavy atom. The quantitative estimate of drug-likeness (QED) is 0.243. The summed E-state index contributed by atoms with van der Waals surface area (Å²) >= 11 is 1.46. The molecule has 0 aliphatic heterocycles. The van der Waals surface area contributed by atoms with Crippen LogP contribution in [0.4, 0.5) is 0 Å². The molecule has 1 unspecified atom stereocenters. The van der Waals surface area contributed by atoms with Crippen molar-refractivity contribution in [2.75, 3.05) is 0 Å². The number of aryl methyl sites for hydroxylation is 2. The molecule has 216 valence electrons.